The second-order valence-corrected chi connectivity index (χ2v) is 7.79. The lowest BCUT2D eigenvalue weighted by molar-refractivity contribution is -0.0802. The average molecular weight is 222 g/mol. The van der Waals surface area contributed by atoms with E-state index in [-0.39, 0.29) is 5.41 Å². The van der Waals surface area contributed by atoms with Gasteiger partial charge in [-0.25, -0.2) is 0 Å². The molecule has 3 rings (SSSR count). The van der Waals surface area contributed by atoms with Crippen LogP contribution in [0.25, 0.3) is 0 Å². The molecular formula is C15H26O. The topological polar surface area (TPSA) is 20.2 Å². The van der Waals surface area contributed by atoms with E-state index < -0.39 is 5.60 Å². The standard InChI is InChI=1S/C15H26O/c1-10-5-7-15-8-6-11(10)12(15)13(2,3)9-14(15,4)16/h10-12,16H,5-9H2,1-4H3/t10-,11+,12-,14-,15-/m1/s1. The predicted molar refractivity (Wildman–Crippen MR) is 66.1 cm³/mol. The molecule has 1 nitrogen and oxygen atoms in total. The Labute approximate surface area is 99.6 Å². The summed E-state index contributed by atoms with van der Waals surface area (Å²) in [4.78, 5) is 0. The van der Waals surface area contributed by atoms with Gasteiger partial charge in [-0.05, 0) is 62.2 Å². The lowest BCUT2D eigenvalue weighted by Gasteiger charge is -2.47. The van der Waals surface area contributed by atoms with E-state index in [1.807, 2.05) is 0 Å². The molecule has 0 aromatic heterocycles. The Kier molecular flexibility index (Phi) is 1.98. The van der Waals surface area contributed by atoms with Gasteiger partial charge in [0.2, 0.25) is 0 Å². The third kappa shape index (κ3) is 1.06. The lowest BCUT2D eigenvalue weighted by atomic mass is 9.58. The summed E-state index contributed by atoms with van der Waals surface area (Å²) in [6, 6.07) is 0. The van der Waals surface area contributed by atoms with Gasteiger partial charge in [0.05, 0.1) is 5.60 Å². The molecule has 0 amide bonds. The molecule has 2 bridgehead atoms. The quantitative estimate of drug-likeness (QED) is 0.664. The van der Waals surface area contributed by atoms with Gasteiger partial charge >= 0.3 is 0 Å². The smallest absolute Gasteiger partial charge is 0.0683 e. The first kappa shape index (κ1) is 11.1. The lowest BCUT2D eigenvalue weighted by Crippen LogP contribution is -2.46. The minimum absolute atomic E-state index is 0.272. The van der Waals surface area contributed by atoms with Gasteiger partial charge in [-0.1, -0.05) is 20.8 Å². The molecular weight excluding hydrogens is 196 g/mol. The van der Waals surface area contributed by atoms with Gasteiger partial charge in [-0.3, -0.25) is 0 Å². The van der Waals surface area contributed by atoms with Crippen molar-refractivity contribution in [3.05, 3.63) is 0 Å². The van der Waals surface area contributed by atoms with E-state index in [0.717, 1.165) is 24.2 Å². The molecule has 92 valence electrons. The first-order chi connectivity index (χ1) is 7.30. The summed E-state index contributed by atoms with van der Waals surface area (Å²) in [6.45, 7) is 9.34. The van der Waals surface area contributed by atoms with E-state index in [0.29, 0.717) is 5.41 Å². The van der Waals surface area contributed by atoms with Crippen LogP contribution >= 0.6 is 0 Å². The molecule has 0 heterocycles. The molecule has 0 unspecified atom stereocenters. The van der Waals surface area contributed by atoms with Crippen molar-refractivity contribution in [3.8, 4) is 0 Å². The molecule has 0 aliphatic heterocycles. The van der Waals surface area contributed by atoms with Crippen LogP contribution in [0.5, 0.6) is 0 Å². The highest BCUT2D eigenvalue weighted by molar-refractivity contribution is 5.19. The molecule has 0 radical (unpaired) electrons. The van der Waals surface area contributed by atoms with Crippen molar-refractivity contribution in [2.24, 2.45) is 28.6 Å². The molecule has 3 saturated carbocycles. The molecule has 1 N–H and O–H groups in total. The van der Waals surface area contributed by atoms with Gasteiger partial charge in [-0.2, -0.15) is 0 Å². The summed E-state index contributed by atoms with van der Waals surface area (Å²) in [5.41, 5.74) is 0.211. The second-order valence-electron chi connectivity index (χ2n) is 7.79. The third-order valence-electron chi connectivity index (χ3n) is 6.44. The van der Waals surface area contributed by atoms with Crippen LogP contribution in [0.4, 0.5) is 0 Å². The van der Waals surface area contributed by atoms with Gasteiger partial charge in [0.15, 0.2) is 0 Å². The summed E-state index contributed by atoms with van der Waals surface area (Å²) in [5, 5.41) is 10.9. The van der Waals surface area contributed by atoms with Crippen molar-refractivity contribution in [1.29, 1.82) is 0 Å². The highest BCUT2D eigenvalue weighted by Crippen LogP contribution is 2.73. The van der Waals surface area contributed by atoms with E-state index in [4.69, 9.17) is 0 Å². The summed E-state index contributed by atoms with van der Waals surface area (Å²) < 4.78 is 0. The summed E-state index contributed by atoms with van der Waals surface area (Å²) in [6.07, 6.45) is 6.27. The fourth-order valence-electron chi connectivity index (χ4n) is 6.12. The Bertz CT molecular complexity index is 317. The normalized spacial score (nSPS) is 58.7. The van der Waals surface area contributed by atoms with Crippen LogP contribution in [0.1, 0.15) is 59.8 Å². The molecule has 16 heavy (non-hydrogen) atoms. The summed E-state index contributed by atoms with van der Waals surface area (Å²) in [5.74, 6) is 2.55. The minimum atomic E-state index is -0.407. The van der Waals surface area contributed by atoms with Gasteiger partial charge < -0.3 is 5.11 Å². The van der Waals surface area contributed by atoms with Gasteiger partial charge in [-0.15, -0.1) is 0 Å². The molecule has 0 aromatic rings. The van der Waals surface area contributed by atoms with Crippen molar-refractivity contribution >= 4 is 0 Å². The molecule has 1 heteroatoms. The van der Waals surface area contributed by atoms with E-state index >= 15 is 0 Å². The molecule has 3 aliphatic rings. The molecule has 0 saturated heterocycles. The number of rotatable bonds is 0. The van der Waals surface area contributed by atoms with Crippen LogP contribution < -0.4 is 0 Å². The highest BCUT2D eigenvalue weighted by Gasteiger charge is 2.69. The van der Waals surface area contributed by atoms with Crippen LogP contribution in [0, 0.1) is 28.6 Å². The van der Waals surface area contributed by atoms with Crippen molar-refractivity contribution in [2.45, 2.75) is 65.4 Å². The predicted octanol–water partition coefficient (Wildman–Crippen LogP) is 3.61. The molecule has 3 aliphatic carbocycles. The number of aliphatic hydroxyl groups is 1. The van der Waals surface area contributed by atoms with E-state index in [1.165, 1.54) is 25.7 Å². The average Bonchev–Trinajstić information content (AvgIpc) is 2.53. The zero-order valence-corrected chi connectivity index (χ0v) is 11.2. The van der Waals surface area contributed by atoms with Crippen LogP contribution in [-0.2, 0) is 0 Å². The van der Waals surface area contributed by atoms with E-state index in [1.54, 1.807) is 0 Å². The van der Waals surface area contributed by atoms with Gasteiger partial charge in [0.25, 0.3) is 0 Å². The molecule has 5 atom stereocenters. The Balaban J connectivity index is 2.10. The first-order valence-electron chi connectivity index (χ1n) is 7.03. The zero-order valence-electron chi connectivity index (χ0n) is 11.2. The minimum Gasteiger partial charge on any atom is -0.390 e. The van der Waals surface area contributed by atoms with Crippen molar-refractivity contribution in [1.82, 2.24) is 0 Å². The SMILES string of the molecule is C[C@@H]1CC[C@@]23CC[C@@H]1[C@@H]2C(C)(C)C[C@@]3(C)O. The van der Waals surface area contributed by atoms with Crippen molar-refractivity contribution in [2.75, 3.05) is 0 Å². The number of hydrogen-bond acceptors (Lipinski definition) is 1. The highest BCUT2D eigenvalue weighted by atomic mass is 16.3. The molecule has 0 aromatic carbocycles. The first-order valence-corrected chi connectivity index (χ1v) is 7.03. The third-order valence-corrected chi connectivity index (χ3v) is 6.44. The van der Waals surface area contributed by atoms with Gasteiger partial charge in [0, 0.05) is 5.41 Å². The molecule has 0 spiro atoms. The van der Waals surface area contributed by atoms with E-state index in [2.05, 4.69) is 27.7 Å². The van der Waals surface area contributed by atoms with Crippen LogP contribution in [-0.4, -0.2) is 10.7 Å². The maximum atomic E-state index is 10.9. The zero-order chi connectivity index (χ0) is 11.8. The number of hydrogen-bond donors (Lipinski definition) is 1. The van der Waals surface area contributed by atoms with Gasteiger partial charge in [0.1, 0.15) is 0 Å². The Morgan fingerprint density at radius 1 is 1.06 bits per heavy atom. The Hall–Kier alpha value is -0.0400. The Morgan fingerprint density at radius 3 is 2.38 bits per heavy atom. The Morgan fingerprint density at radius 2 is 1.69 bits per heavy atom. The fraction of sp³-hybridized carbons (Fsp3) is 1.00. The maximum Gasteiger partial charge on any atom is 0.0683 e. The molecule has 3 fully saturated rings. The maximum absolute atomic E-state index is 10.9. The van der Waals surface area contributed by atoms with Crippen LogP contribution in [0.3, 0.4) is 0 Å². The largest absolute Gasteiger partial charge is 0.390 e. The second kappa shape index (κ2) is 2.85. The summed E-state index contributed by atoms with van der Waals surface area (Å²) in [7, 11) is 0. The summed E-state index contributed by atoms with van der Waals surface area (Å²) >= 11 is 0. The van der Waals surface area contributed by atoms with Crippen molar-refractivity contribution < 1.29 is 5.11 Å². The van der Waals surface area contributed by atoms with Crippen LogP contribution in [0.15, 0.2) is 0 Å². The van der Waals surface area contributed by atoms with Crippen LogP contribution in [0.2, 0.25) is 0 Å². The monoisotopic (exact) mass is 222 g/mol. The van der Waals surface area contributed by atoms with Crippen molar-refractivity contribution in [3.63, 3.8) is 0 Å². The fourth-order valence-corrected chi connectivity index (χ4v) is 6.12. The van der Waals surface area contributed by atoms with E-state index in [9.17, 15) is 5.11 Å².